The minimum absolute atomic E-state index is 0.965. The standard InChI is InChI=1S/C11H12I2N2/c1-2-14-5-6-15(8-14)9-3-4-10(12)11(13)7-9/h3-7H,2,8H2,1H3. The third kappa shape index (κ3) is 2.58. The van der Waals surface area contributed by atoms with Crippen LogP contribution < -0.4 is 4.90 Å². The average Bonchev–Trinajstić information content (AvgIpc) is 2.70. The third-order valence-corrected chi connectivity index (χ3v) is 5.30. The number of anilines is 1. The first-order chi connectivity index (χ1) is 7.20. The number of nitrogens with zero attached hydrogens (tertiary/aromatic N) is 2. The van der Waals surface area contributed by atoms with E-state index in [4.69, 9.17) is 0 Å². The summed E-state index contributed by atoms with van der Waals surface area (Å²) in [5.74, 6) is 0. The minimum Gasteiger partial charge on any atom is -0.359 e. The number of rotatable bonds is 2. The highest BCUT2D eigenvalue weighted by atomic mass is 127. The van der Waals surface area contributed by atoms with E-state index in [9.17, 15) is 0 Å². The molecule has 1 aromatic carbocycles. The molecule has 2 nitrogen and oxygen atoms in total. The first-order valence-corrected chi connectivity index (χ1v) is 7.00. The Hall–Kier alpha value is 0.0200. The Labute approximate surface area is 118 Å². The molecule has 4 heteroatoms. The summed E-state index contributed by atoms with van der Waals surface area (Å²) >= 11 is 4.74. The summed E-state index contributed by atoms with van der Waals surface area (Å²) in [4.78, 5) is 4.55. The van der Waals surface area contributed by atoms with Crippen LogP contribution in [-0.2, 0) is 0 Å². The molecule has 0 saturated heterocycles. The van der Waals surface area contributed by atoms with Gasteiger partial charge in [-0.05, 0) is 70.3 Å². The van der Waals surface area contributed by atoms with E-state index < -0.39 is 0 Å². The van der Waals surface area contributed by atoms with Crippen LogP contribution in [0.1, 0.15) is 6.92 Å². The Kier molecular flexibility index (Phi) is 3.76. The van der Waals surface area contributed by atoms with Gasteiger partial charge in [-0.2, -0.15) is 0 Å². The Bertz CT molecular complexity index is 390. The Morgan fingerprint density at radius 1 is 1.20 bits per heavy atom. The van der Waals surface area contributed by atoms with Crippen LogP contribution in [0.5, 0.6) is 0 Å². The second-order valence-corrected chi connectivity index (χ2v) is 5.74. The van der Waals surface area contributed by atoms with Gasteiger partial charge < -0.3 is 9.80 Å². The maximum atomic E-state index is 2.38. The van der Waals surface area contributed by atoms with Crippen LogP contribution in [0.25, 0.3) is 0 Å². The Morgan fingerprint density at radius 2 is 2.00 bits per heavy atom. The molecule has 1 aliphatic rings. The van der Waals surface area contributed by atoms with Crippen molar-refractivity contribution in [3.8, 4) is 0 Å². The predicted molar refractivity (Wildman–Crippen MR) is 80.7 cm³/mol. The zero-order chi connectivity index (χ0) is 10.8. The lowest BCUT2D eigenvalue weighted by Gasteiger charge is -2.20. The zero-order valence-electron chi connectivity index (χ0n) is 8.45. The molecule has 1 aliphatic heterocycles. The van der Waals surface area contributed by atoms with Crippen molar-refractivity contribution in [1.82, 2.24) is 4.90 Å². The van der Waals surface area contributed by atoms with Gasteiger partial charge in [-0.25, -0.2) is 0 Å². The van der Waals surface area contributed by atoms with Gasteiger partial charge in [0.15, 0.2) is 0 Å². The van der Waals surface area contributed by atoms with Gasteiger partial charge in [-0.3, -0.25) is 0 Å². The van der Waals surface area contributed by atoms with Crippen LogP contribution in [0, 0.1) is 7.14 Å². The molecule has 0 amide bonds. The van der Waals surface area contributed by atoms with Crippen molar-refractivity contribution >= 4 is 50.9 Å². The van der Waals surface area contributed by atoms with Crippen molar-refractivity contribution < 1.29 is 0 Å². The molecule has 0 unspecified atom stereocenters. The summed E-state index contributed by atoms with van der Waals surface area (Å²) < 4.78 is 2.63. The van der Waals surface area contributed by atoms with E-state index in [1.165, 1.54) is 12.8 Å². The fourth-order valence-corrected chi connectivity index (χ4v) is 2.34. The fraction of sp³-hybridized carbons (Fsp3) is 0.273. The molecular weight excluding hydrogens is 414 g/mol. The van der Waals surface area contributed by atoms with Gasteiger partial charge >= 0.3 is 0 Å². The lowest BCUT2D eigenvalue weighted by atomic mass is 10.3. The molecule has 0 fully saturated rings. The first-order valence-electron chi connectivity index (χ1n) is 4.85. The molecule has 1 heterocycles. The van der Waals surface area contributed by atoms with Crippen LogP contribution in [-0.4, -0.2) is 18.1 Å². The number of benzene rings is 1. The average molecular weight is 426 g/mol. The number of hydrogen-bond acceptors (Lipinski definition) is 2. The number of hydrogen-bond donors (Lipinski definition) is 0. The topological polar surface area (TPSA) is 6.48 Å². The van der Waals surface area contributed by atoms with Crippen LogP contribution in [0.15, 0.2) is 30.6 Å². The van der Waals surface area contributed by atoms with Crippen LogP contribution >= 0.6 is 45.2 Å². The van der Waals surface area contributed by atoms with Gasteiger partial charge in [0.2, 0.25) is 0 Å². The fourth-order valence-electron chi connectivity index (χ4n) is 1.50. The molecule has 0 aliphatic carbocycles. The van der Waals surface area contributed by atoms with Gasteiger partial charge in [0.1, 0.15) is 0 Å². The second kappa shape index (κ2) is 4.90. The summed E-state index contributed by atoms with van der Waals surface area (Å²) in [6, 6.07) is 6.57. The highest BCUT2D eigenvalue weighted by Gasteiger charge is 2.12. The molecule has 0 atom stereocenters. The van der Waals surface area contributed by atoms with E-state index >= 15 is 0 Å². The Balaban J connectivity index is 2.18. The van der Waals surface area contributed by atoms with Gasteiger partial charge in [-0.15, -0.1) is 0 Å². The molecule has 0 N–H and O–H groups in total. The second-order valence-electron chi connectivity index (χ2n) is 3.41. The molecule has 0 saturated carbocycles. The molecule has 0 aromatic heterocycles. The van der Waals surface area contributed by atoms with E-state index in [-0.39, 0.29) is 0 Å². The van der Waals surface area contributed by atoms with Crippen molar-refractivity contribution in [3.05, 3.63) is 37.7 Å². The molecule has 1 aromatic rings. The predicted octanol–water partition coefficient (Wildman–Crippen LogP) is 3.47. The SMILES string of the molecule is CCN1C=CN(c2ccc(I)c(I)c2)C1. The monoisotopic (exact) mass is 426 g/mol. The van der Waals surface area contributed by atoms with Crippen molar-refractivity contribution in [2.24, 2.45) is 0 Å². The summed E-state index contributed by atoms with van der Waals surface area (Å²) in [7, 11) is 0. The van der Waals surface area contributed by atoms with Crippen molar-refractivity contribution in [2.75, 3.05) is 18.1 Å². The lowest BCUT2D eigenvalue weighted by molar-refractivity contribution is 0.429. The lowest BCUT2D eigenvalue weighted by Crippen LogP contribution is -2.24. The number of halogens is 2. The van der Waals surface area contributed by atoms with Crippen molar-refractivity contribution in [1.29, 1.82) is 0 Å². The first kappa shape index (κ1) is 11.5. The van der Waals surface area contributed by atoms with E-state index in [1.54, 1.807) is 0 Å². The van der Waals surface area contributed by atoms with E-state index in [2.05, 4.69) is 92.5 Å². The summed E-state index contributed by atoms with van der Waals surface area (Å²) in [5.41, 5.74) is 1.27. The highest BCUT2D eigenvalue weighted by Crippen LogP contribution is 2.24. The maximum absolute atomic E-state index is 2.38. The van der Waals surface area contributed by atoms with Crippen molar-refractivity contribution in [3.63, 3.8) is 0 Å². The molecule has 2 rings (SSSR count). The van der Waals surface area contributed by atoms with Crippen LogP contribution in [0.4, 0.5) is 5.69 Å². The van der Waals surface area contributed by atoms with Gasteiger partial charge in [0.05, 0.1) is 6.67 Å². The largest absolute Gasteiger partial charge is 0.359 e. The maximum Gasteiger partial charge on any atom is 0.0941 e. The van der Waals surface area contributed by atoms with Crippen LogP contribution in [0.3, 0.4) is 0 Å². The molecular formula is C11H12I2N2. The normalized spacial score (nSPS) is 15.1. The van der Waals surface area contributed by atoms with E-state index in [1.807, 2.05) is 0 Å². The van der Waals surface area contributed by atoms with Gasteiger partial charge in [0, 0.05) is 31.8 Å². The smallest absolute Gasteiger partial charge is 0.0941 e. The molecule has 0 bridgehead atoms. The molecule has 80 valence electrons. The van der Waals surface area contributed by atoms with E-state index in [0.717, 1.165) is 13.2 Å². The molecule has 15 heavy (non-hydrogen) atoms. The van der Waals surface area contributed by atoms with Crippen LogP contribution in [0.2, 0.25) is 0 Å². The minimum atomic E-state index is 0.965. The third-order valence-electron chi connectivity index (χ3n) is 2.43. The highest BCUT2D eigenvalue weighted by molar-refractivity contribution is 14.1. The summed E-state index contributed by atoms with van der Waals surface area (Å²) in [5, 5.41) is 0. The Morgan fingerprint density at radius 3 is 2.60 bits per heavy atom. The van der Waals surface area contributed by atoms with Gasteiger partial charge in [-0.1, -0.05) is 0 Å². The summed E-state index contributed by atoms with van der Waals surface area (Å²) in [6.45, 7) is 4.20. The van der Waals surface area contributed by atoms with Gasteiger partial charge in [0.25, 0.3) is 0 Å². The molecule has 0 spiro atoms. The quantitative estimate of drug-likeness (QED) is 0.669. The van der Waals surface area contributed by atoms with Crippen molar-refractivity contribution in [2.45, 2.75) is 6.92 Å². The zero-order valence-corrected chi connectivity index (χ0v) is 12.8. The summed E-state index contributed by atoms with van der Waals surface area (Å²) in [6.07, 6.45) is 4.28. The molecule has 0 radical (unpaired) electrons. The van der Waals surface area contributed by atoms with E-state index in [0.29, 0.717) is 0 Å².